The fourth-order valence-corrected chi connectivity index (χ4v) is 1.61. The summed E-state index contributed by atoms with van der Waals surface area (Å²) in [6.07, 6.45) is 6.50. The fraction of sp³-hybridized carbons (Fsp3) is 0.154. The summed E-state index contributed by atoms with van der Waals surface area (Å²) in [5, 5.41) is 3.67. The molecule has 0 aliphatic rings. The lowest BCUT2D eigenvalue weighted by atomic mass is 10.1. The highest BCUT2D eigenvalue weighted by molar-refractivity contribution is 6.06. The summed E-state index contributed by atoms with van der Waals surface area (Å²) in [5.41, 5.74) is 2.19. The average molecular weight is 227 g/mol. The third-order valence-electron chi connectivity index (χ3n) is 2.47. The minimum atomic E-state index is -0.0601. The smallest absolute Gasteiger partial charge is 0.189 e. The fourth-order valence-electron chi connectivity index (χ4n) is 1.61. The largest absolute Gasteiger partial charge is 0.394 e. The molecule has 0 aromatic carbocycles. The topological polar surface area (TPSA) is 54.9 Å². The van der Waals surface area contributed by atoms with Crippen molar-refractivity contribution in [2.75, 3.05) is 7.05 Å². The van der Waals surface area contributed by atoms with Crippen molar-refractivity contribution in [2.45, 2.75) is 6.92 Å². The van der Waals surface area contributed by atoms with Crippen molar-refractivity contribution >= 4 is 16.7 Å². The van der Waals surface area contributed by atoms with Gasteiger partial charge in [0, 0.05) is 48.4 Å². The second-order valence-electron chi connectivity index (χ2n) is 3.68. The molecule has 2 heterocycles. The summed E-state index contributed by atoms with van der Waals surface area (Å²) in [5.74, 6) is -0.0601. The van der Waals surface area contributed by atoms with Crippen LogP contribution < -0.4 is 5.32 Å². The normalized spacial score (nSPS) is 10.9. The lowest BCUT2D eigenvalue weighted by Gasteiger charge is -2.03. The van der Waals surface area contributed by atoms with Crippen LogP contribution in [0, 0.1) is 6.92 Å². The van der Waals surface area contributed by atoms with Gasteiger partial charge in [-0.15, -0.1) is 0 Å². The van der Waals surface area contributed by atoms with Gasteiger partial charge in [0.25, 0.3) is 0 Å². The van der Waals surface area contributed by atoms with Crippen molar-refractivity contribution in [1.82, 2.24) is 15.3 Å². The van der Waals surface area contributed by atoms with E-state index in [0.29, 0.717) is 5.56 Å². The third kappa shape index (κ3) is 2.30. The van der Waals surface area contributed by atoms with Gasteiger partial charge in [-0.3, -0.25) is 14.8 Å². The maximum atomic E-state index is 11.9. The quantitative estimate of drug-likeness (QED) is 0.642. The first kappa shape index (κ1) is 11.3. The van der Waals surface area contributed by atoms with E-state index in [2.05, 4.69) is 15.3 Å². The monoisotopic (exact) mass is 227 g/mol. The number of hydrogen-bond donors (Lipinski definition) is 1. The third-order valence-corrected chi connectivity index (χ3v) is 2.47. The maximum absolute atomic E-state index is 11.9. The van der Waals surface area contributed by atoms with Crippen LogP contribution in [0.25, 0.3) is 10.9 Å². The molecular formula is C13H13N3O. The zero-order valence-corrected chi connectivity index (χ0v) is 9.77. The molecular weight excluding hydrogens is 214 g/mol. The predicted octanol–water partition coefficient (Wildman–Crippen LogP) is 1.85. The number of nitrogens with one attached hydrogen (secondary N) is 1. The van der Waals surface area contributed by atoms with E-state index in [4.69, 9.17) is 0 Å². The van der Waals surface area contributed by atoms with E-state index in [9.17, 15) is 4.79 Å². The number of pyridine rings is 2. The molecule has 0 bridgehead atoms. The number of hydrogen-bond acceptors (Lipinski definition) is 4. The maximum Gasteiger partial charge on any atom is 0.189 e. The number of carbonyl (C=O) groups is 1. The van der Waals surface area contributed by atoms with Gasteiger partial charge in [-0.1, -0.05) is 0 Å². The minimum absolute atomic E-state index is 0.0601. The Balaban J connectivity index is 2.51. The van der Waals surface area contributed by atoms with E-state index in [1.165, 1.54) is 6.08 Å². The highest BCUT2D eigenvalue weighted by Gasteiger charge is 2.08. The van der Waals surface area contributed by atoms with Gasteiger partial charge < -0.3 is 5.32 Å². The highest BCUT2D eigenvalue weighted by Crippen LogP contribution is 2.15. The molecule has 0 amide bonds. The van der Waals surface area contributed by atoms with Crippen LogP contribution in [0.15, 0.2) is 36.8 Å². The summed E-state index contributed by atoms with van der Waals surface area (Å²) in [6.45, 7) is 1.83. The van der Waals surface area contributed by atoms with Gasteiger partial charge in [-0.2, -0.15) is 0 Å². The molecule has 0 radical (unpaired) electrons. The summed E-state index contributed by atoms with van der Waals surface area (Å²) in [6, 6.07) is 3.66. The van der Waals surface area contributed by atoms with Gasteiger partial charge in [0.05, 0.1) is 5.52 Å². The number of aromatic nitrogens is 2. The molecule has 2 rings (SSSR count). The molecule has 2 aromatic heterocycles. The number of aryl methyl sites for hydroxylation is 1. The van der Waals surface area contributed by atoms with Crippen LogP contribution >= 0.6 is 0 Å². The van der Waals surface area contributed by atoms with E-state index in [-0.39, 0.29) is 5.78 Å². The molecule has 0 saturated heterocycles. The van der Waals surface area contributed by atoms with Crippen LogP contribution in [0.5, 0.6) is 0 Å². The first-order valence-corrected chi connectivity index (χ1v) is 5.32. The SMILES string of the molecule is CN/C=C/C(=O)c1cc2cnccc2nc1C. The number of rotatable bonds is 3. The van der Waals surface area contributed by atoms with Crippen molar-refractivity contribution < 1.29 is 4.79 Å². The molecule has 2 aromatic rings. The molecule has 17 heavy (non-hydrogen) atoms. The van der Waals surface area contributed by atoms with Crippen LogP contribution in [0.1, 0.15) is 16.1 Å². The van der Waals surface area contributed by atoms with Crippen molar-refractivity contribution in [3.05, 3.63) is 48.1 Å². The molecule has 0 spiro atoms. The molecule has 86 valence electrons. The van der Waals surface area contributed by atoms with Crippen molar-refractivity contribution in [3.63, 3.8) is 0 Å². The Hall–Kier alpha value is -2.23. The van der Waals surface area contributed by atoms with Crippen LogP contribution in [0.4, 0.5) is 0 Å². The predicted molar refractivity (Wildman–Crippen MR) is 66.8 cm³/mol. The number of nitrogens with zero attached hydrogens (tertiary/aromatic N) is 2. The molecule has 0 unspecified atom stereocenters. The molecule has 0 aliphatic carbocycles. The van der Waals surface area contributed by atoms with Gasteiger partial charge in [0.15, 0.2) is 5.78 Å². The van der Waals surface area contributed by atoms with Crippen LogP contribution in [-0.2, 0) is 0 Å². The van der Waals surface area contributed by atoms with Crippen molar-refractivity contribution in [3.8, 4) is 0 Å². The Morgan fingerprint density at radius 3 is 3.06 bits per heavy atom. The number of carbonyl (C=O) groups excluding carboxylic acids is 1. The standard InChI is InChI=1S/C13H13N3O/c1-9-11(13(17)4-5-14-2)7-10-8-15-6-3-12(10)16-9/h3-8,14H,1-2H3/b5-4+. The molecule has 0 fully saturated rings. The number of ketones is 1. The van der Waals surface area contributed by atoms with Crippen molar-refractivity contribution in [1.29, 1.82) is 0 Å². The van der Waals surface area contributed by atoms with Gasteiger partial charge in [0.2, 0.25) is 0 Å². The Bertz CT molecular complexity index is 590. The van der Waals surface area contributed by atoms with Gasteiger partial charge in [-0.25, -0.2) is 0 Å². The molecule has 4 nitrogen and oxygen atoms in total. The van der Waals surface area contributed by atoms with E-state index in [1.807, 2.05) is 19.1 Å². The lowest BCUT2D eigenvalue weighted by Crippen LogP contribution is -2.03. The van der Waals surface area contributed by atoms with Crippen LogP contribution in [0.3, 0.4) is 0 Å². The summed E-state index contributed by atoms with van der Waals surface area (Å²) >= 11 is 0. The molecule has 0 saturated carbocycles. The van der Waals surface area contributed by atoms with E-state index >= 15 is 0 Å². The van der Waals surface area contributed by atoms with Gasteiger partial charge in [-0.05, 0) is 19.1 Å². The average Bonchev–Trinajstić information content (AvgIpc) is 2.35. The highest BCUT2D eigenvalue weighted by atomic mass is 16.1. The number of allylic oxidation sites excluding steroid dienone is 1. The molecule has 0 aliphatic heterocycles. The Morgan fingerprint density at radius 2 is 2.29 bits per heavy atom. The van der Waals surface area contributed by atoms with Crippen LogP contribution in [-0.4, -0.2) is 22.8 Å². The van der Waals surface area contributed by atoms with Crippen LogP contribution in [0.2, 0.25) is 0 Å². The minimum Gasteiger partial charge on any atom is -0.394 e. The molecule has 1 N–H and O–H groups in total. The second kappa shape index (κ2) is 4.74. The molecule has 0 atom stereocenters. The number of fused-ring (bicyclic) bond motifs is 1. The second-order valence-corrected chi connectivity index (χ2v) is 3.68. The van der Waals surface area contributed by atoms with Crippen molar-refractivity contribution in [2.24, 2.45) is 0 Å². The Kier molecular flexibility index (Phi) is 3.14. The first-order valence-electron chi connectivity index (χ1n) is 5.32. The molecule has 4 heteroatoms. The summed E-state index contributed by atoms with van der Waals surface area (Å²) < 4.78 is 0. The Morgan fingerprint density at radius 1 is 1.47 bits per heavy atom. The first-order chi connectivity index (χ1) is 8.22. The summed E-state index contributed by atoms with van der Waals surface area (Å²) in [7, 11) is 1.75. The van der Waals surface area contributed by atoms with E-state index < -0.39 is 0 Å². The van der Waals surface area contributed by atoms with E-state index in [0.717, 1.165) is 16.6 Å². The lowest BCUT2D eigenvalue weighted by molar-refractivity contribution is 0.104. The zero-order chi connectivity index (χ0) is 12.3. The Labute approximate surface area is 99.4 Å². The summed E-state index contributed by atoms with van der Waals surface area (Å²) in [4.78, 5) is 20.3. The van der Waals surface area contributed by atoms with Gasteiger partial charge in [0.1, 0.15) is 0 Å². The van der Waals surface area contributed by atoms with Gasteiger partial charge >= 0.3 is 0 Å². The zero-order valence-electron chi connectivity index (χ0n) is 9.77. The van der Waals surface area contributed by atoms with E-state index in [1.54, 1.807) is 25.6 Å².